The van der Waals surface area contributed by atoms with Gasteiger partial charge in [0.1, 0.15) is 0 Å². The van der Waals surface area contributed by atoms with Crippen LogP contribution in [0.5, 0.6) is 0 Å². The molecule has 1 aliphatic heterocycles. The molecule has 1 heterocycles. The van der Waals surface area contributed by atoms with E-state index in [1.165, 1.54) is 12.1 Å². The van der Waals surface area contributed by atoms with Gasteiger partial charge in [-0.3, -0.25) is 10.1 Å². The Balaban J connectivity index is 1.72. The van der Waals surface area contributed by atoms with Crippen molar-refractivity contribution in [3.63, 3.8) is 0 Å². The molecule has 0 bridgehead atoms. The maximum absolute atomic E-state index is 10.5. The lowest BCUT2D eigenvalue weighted by Crippen LogP contribution is -2.38. The molecule has 1 aromatic rings. The highest BCUT2D eigenvalue weighted by atomic mass is 16.6. The van der Waals surface area contributed by atoms with Crippen molar-refractivity contribution < 1.29 is 10.0 Å². The van der Waals surface area contributed by atoms with Crippen molar-refractivity contribution >= 4 is 11.4 Å². The van der Waals surface area contributed by atoms with Crippen LogP contribution in [0.3, 0.4) is 0 Å². The molecular weight excluding hydrogens is 246 g/mol. The zero-order valence-electron chi connectivity index (χ0n) is 10.8. The van der Waals surface area contributed by atoms with Crippen molar-refractivity contribution in [3.8, 4) is 0 Å². The summed E-state index contributed by atoms with van der Waals surface area (Å²) in [6, 6.07) is 6.44. The van der Waals surface area contributed by atoms with Gasteiger partial charge < -0.3 is 15.3 Å². The fourth-order valence-corrected chi connectivity index (χ4v) is 2.20. The highest BCUT2D eigenvalue weighted by Crippen LogP contribution is 2.15. The van der Waals surface area contributed by atoms with Gasteiger partial charge in [0.05, 0.1) is 11.0 Å². The molecule has 0 atom stereocenters. The molecule has 0 aromatic heterocycles. The summed E-state index contributed by atoms with van der Waals surface area (Å²) >= 11 is 0. The van der Waals surface area contributed by atoms with Crippen LogP contribution in [0.1, 0.15) is 12.8 Å². The molecule has 1 aromatic carbocycles. The number of hydrogen-bond donors (Lipinski definition) is 2. The number of aliphatic hydroxyl groups is 1. The van der Waals surface area contributed by atoms with Gasteiger partial charge in [-0.05, 0) is 25.0 Å². The van der Waals surface area contributed by atoms with Crippen molar-refractivity contribution in [2.24, 2.45) is 0 Å². The van der Waals surface area contributed by atoms with Gasteiger partial charge in [0.25, 0.3) is 5.69 Å². The highest BCUT2D eigenvalue weighted by molar-refractivity contribution is 5.48. The predicted molar refractivity (Wildman–Crippen MR) is 73.3 cm³/mol. The third kappa shape index (κ3) is 4.18. The summed E-state index contributed by atoms with van der Waals surface area (Å²) in [5, 5.41) is 23.2. The molecule has 0 radical (unpaired) electrons. The zero-order chi connectivity index (χ0) is 13.7. The second-order valence-corrected chi connectivity index (χ2v) is 4.80. The monoisotopic (exact) mass is 265 g/mol. The summed E-state index contributed by atoms with van der Waals surface area (Å²) in [4.78, 5) is 12.4. The Morgan fingerprint density at radius 3 is 2.53 bits per heavy atom. The lowest BCUT2D eigenvalue weighted by Gasteiger charge is -2.29. The third-order valence-electron chi connectivity index (χ3n) is 3.39. The van der Waals surface area contributed by atoms with Crippen molar-refractivity contribution in [2.45, 2.75) is 18.9 Å². The van der Waals surface area contributed by atoms with Crippen LogP contribution in [0.15, 0.2) is 24.3 Å². The Kier molecular flexibility index (Phi) is 4.70. The van der Waals surface area contributed by atoms with Crippen LogP contribution < -0.4 is 5.32 Å². The van der Waals surface area contributed by atoms with Gasteiger partial charge in [0.15, 0.2) is 0 Å². The van der Waals surface area contributed by atoms with Crippen LogP contribution in [0.2, 0.25) is 0 Å². The second-order valence-electron chi connectivity index (χ2n) is 4.80. The molecule has 0 unspecified atom stereocenters. The van der Waals surface area contributed by atoms with E-state index < -0.39 is 4.92 Å². The molecule has 2 rings (SSSR count). The SMILES string of the molecule is O=[N+]([O-])c1ccc(NCCN2CCC(O)CC2)cc1. The van der Waals surface area contributed by atoms with E-state index in [4.69, 9.17) is 0 Å². The standard InChI is InChI=1S/C13H19N3O3/c17-13-5-8-15(9-6-13)10-7-14-11-1-3-12(4-2-11)16(18)19/h1-4,13-14,17H,5-10H2. The van der Waals surface area contributed by atoms with Gasteiger partial charge in [-0.15, -0.1) is 0 Å². The van der Waals surface area contributed by atoms with Crippen LogP contribution in [-0.4, -0.2) is 47.2 Å². The van der Waals surface area contributed by atoms with E-state index in [0.29, 0.717) is 0 Å². The molecule has 104 valence electrons. The molecule has 2 N–H and O–H groups in total. The number of anilines is 1. The van der Waals surface area contributed by atoms with Gasteiger partial charge in [-0.25, -0.2) is 0 Å². The lowest BCUT2D eigenvalue weighted by atomic mass is 10.1. The van der Waals surface area contributed by atoms with E-state index in [9.17, 15) is 15.2 Å². The number of likely N-dealkylation sites (tertiary alicyclic amines) is 1. The first-order chi connectivity index (χ1) is 9.15. The Morgan fingerprint density at radius 2 is 1.95 bits per heavy atom. The van der Waals surface area contributed by atoms with E-state index in [0.717, 1.165) is 44.7 Å². The highest BCUT2D eigenvalue weighted by Gasteiger charge is 2.16. The lowest BCUT2D eigenvalue weighted by molar-refractivity contribution is -0.384. The molecule has 19 heavy (non-hydrogen) atoms. The Morgan fingerprint density at radius 1 is 1.32 bits per heavy atom. The van der Waals surface area contributed by atoms with Gasteiger partial charge in [-0.1, -0.05) is 0 Å². The smallest absolute Gasteiger partial charge is 0.269 e. The summed E-state index contributed by atoms with van der Waals surface area (Å²) < 4.78 is 0. The largest absolute Gasteiger partial charge is 0.393 e. The van der Waals surface area contributed by atoms with Crippen LogP contribution in [-0.2, 0) is 0 Å². The van der Waals surface area contributed by atoms with Gasteiger partial charge in [0.2, 0.25) is 0 Å². The average Bonchev–Trinajstić information content (AvgIpc) is 2.41. The third-order valence-corrected chi connectivity index (χ3v) is 3.39. The molecule has 6 heteroatoms. The molecule has 0 saturated carbocycles. The minimum Gasteiger partial charge on any atom is -0.393 e. The number of non-ortho nitro benzene ring substituents is 1. The number of piperidine rings is 1. The quantitative estimate of drug-likeness (QED) is 0.622. The van der Waals surface area contributed by atoms with E-state index in [1.54, 1.807) is 12.1 Å². The first-order valence-electron chi connectivity index (χ1n) is 6.54. The molecule has 1 fully saturated rings. The summed E-state index contributed by atoms with van der Waals surface area (Å²) in [7, 11) is 0. The molecule has 0 aliphatic carbocycles. The van der Waals surface area contributed by atoms with Crippen molar-refractivity contribution in [3.05, 3.63) is 34.4 Å². The maximum atomic E-state index is 10.5. The average molecular weight is 265 g/mol. The number of nitro benzene ring substituents is 1. The molecule has 1 saturated heterocycles. The first kappa shape index (κ1) is 13.8. The Labute approximate surface area is 112 Å². The number of benzene rings is 1. The normalized spacial score (nSPS) is 17.3. The van der Waals surface area contributed by atoms with E-state index >= 15 is 0 Å². The number of rotatable bonds is 5. The summed E-state index contributed by atoms with van der Waals surface area (Å²) in [5.41, 5.74) is 0.998. The van der Waals surface area contributed by atoms with Gasteiger partial charge >= 0.3 is 0 Å². The van der Waals surface area contributed by atoms with E-state index in [-0.39, 0.29) is 11.8 Å². The number of nitrogens with one attached hydrogen (secondary N) is 1. The Bertz CT molecular complexity index is 414. The van der Waals surface area contributed by atoms with E-state index in [1.807, 2.05) is 0 Å². The van der Waals surface area contributed by atoms with Crippen LogP contribution in [0, 0.1) is 10.1 Å². The molecule has 0 spiro atoms. The predicted octanol–water partition coefficient (Wildman–Crippen LogP) is 1.46. The molecule has 1 aliphatic rings. The van der Waals surface area contributed by atoms with Crippen molar-refractivity contribution in [1.29, 1.82) is 0 Å². The van der Waals surface area contributed by atoms with Crippen LogP contribution in [0.25, 0.3) is 0 Å². The summed E-state index contributed by atoms with van der Waals surface area (Å²) in [6.45, 7) is 3.59. The fraction of sp³-hybridized carbons (Fsp3) is 0.538. The van der Waals surface area contributed by atoms with Gasteiger partial charge in [0, 0.05) is 44.0 Å². The topological polar surface area (TPSA) is 78.6 Å². The van der Waals surface area contributed by atoms with Crippen molar-refractivity contribution in [1.82, 2.24) is 4.90 Å². The maximum Gasteiger partial charge on any atom is 0.269 e. The number of nitro groups is 1. The molecule has 6 nitrogen and oxygen atoms in total. The summed E-state index contributed by atoms with van der Waals surface area (Å²) in [6.07, 6.45) is 1.55. The van der Waals surface area contributed by atoms with Crippen LogP contribution >= 0.6 is 0 Å². The minimum absolute atomic E-state index is 0.107. The fourth-order valence-electron chi connectivity index (χ4n) is 2.20. The molecule has 0 amide bonds. The van der Waals surface area contributed by atoms with Gasteiger partial charge in [-0.2, -0.15) is 0 Å². The molecular formula is C13H19N3O3. The number of aliphatic hydroxyl groups excluding tert-OH is 1. The van der Waals surface area contributed by atoms with E-state index in [2.05, 4.69) is 10.2 Å². The number of hydrogen-bond acceptors (Lipinski definition) is 5. The second kappa shape index (κ2) is 6.49. The summed E-state index contributed by atoms with van der Waals surface area (Å²) in [5.74, 6) is 0. The number of nitrogens with zero attached hydrogens (tertiary/aromatic N) is 2. The first-order valence-corrected chi connectivity index (χ1v) is 6.54. The van der Waals surface area contributed by atoms with Crippen molar-refractivity contribution in [2.75, 3.05) is 31.5 Å². The zero-order valence-corrected chi connectivity index (χ0v) is 10.8. The minimum atomic E-state index is -0.400. The Hall–Kier alpha value is -1.66. The van der Waals surface area contributed by atoms with Crippen LogP contribution in [0.4, 0.5) is 11.4 Å².